The van der Waals surface area contributed by atoms with Crippen LogP contribution < -0.4 is 9.47 Å². The Morgan fingerprint density at radius 3 is 2.62 bits per heavy atom. The molecular weight excluding hydrogens is 448 g/mol. The molecular formula is C26H30N4O3S. The summed E-state index contributed by atoms with van der Waals surface area (Å²) in [5, 5.41) is 9.68. The quantitative estimate of drug-likeness (QED) is 0.452. The Balaban J connectivity index is 1.34. The number of carbonyl (C=O) groups excluding carboxylic acids is 1. The zero-order chi connectivity index (χ0) is 23.5. The second-order valence-electron chi connectivity index (χ2n) is 9.15. The van der Waals surface area contributed by atoms with Gasteiger partial charge in [-0.2, -0.15) is 0 Å². The summed E-state index contributed by atoms with van der Waals surface area (Å²) in [5.41, 5.74) is 2.05. The lowest BCUT2D eigenvalue weighted by Gasteiger charge is -2.33. The van der Waals surface area contributed by atoms with Crippen LogP contribution in [0.2, 0.25) is 0 Å². The SMILES string of the molecule is CC1CCC(N(C)C(=O)CSc2nnc(-c3ccccc3)n2Cc2ccc3c(c2)OCO3)CC1. The molecule has 0 N–H and O–H groups in total. The van der Waals surface area contributed by atoms with Gasteiger partial charge in [0.15, 0.2) is 22.5 Å². The molecule has 5 rings (SSSR count). The van der Waals surface area contributed by atoms with Gasteiger partial charge in [0.05, 0.1) is 12.3 Å². The van der Waals surface area contributed by atoms with Crippen molar-refractivity contribution in [3.63, 3.8) is 0 Å². The normalized spacial score (nSPS) is 19.2. The fourth-order valence-electron chi connectivity index (χ4n) is 4.62. The average molecular weight is 479 g/mol. The molecule has 1 amide bonds. The van der Waals surface area contributed by atoms with Crippen LogP contribution in [0.25, 0.3) is 11.4 Å². The summed E-state index contributed by atoms with van der Waals surface area (Å²) in [6, 6.07) is 16.3. The van der Waals surface area contributed by atoms with Crippen molar-refractivity contribution in [2.45, 2.75) is 50.4 Å². The summed E-state index contributed by atoms with van der Waals surface area (Å²) in [6.45, 7) is 3.11. The third-order valence-corrected chi connectivity index (χ3v) is 7.73. The second kappa shape index (κ2) is 10.1. The summed E-state index contributed by atoms with van der Waals surface area (Å²) >= 11 is 1.45. The Kier molecular flexibility index (Phi) is 6.76. The summed E-state index contributed by atoms with van der Waals surface area (Å²) in [6.07, 6.45) is 4.57. The highest BCUT2D eigenvalue weighted by Gasteiger charge is 2.25. The fraction of sp³-hybridized carbons (Fsp3) is 0.423. The second-order valence-corrected chi connectivity index (χ2v) is 10.1. The maximum atomic E-state index is 13.0. The van der Waals surface area contributed by atoms with Crippen molar-refractivity contribution in [2.24, 2.45) is 5.92 Å². The van der Waals surface area contributed by atoms with Gasteiger partial charge in [0.1, 0.15) is 0 Å². The molecule has 1 aliphatic carbocycles. The number of thioether (sulfide) groups is 1. The third kappa shape index (κ3) is 4.92. The van der Waals surface area contributed by atoms with Crippen molar-refractivity contribution in [3.8, 4) is 22.9 Å². The summed E-state index contributed by atoms with van der Waals surface area (Å²) in [5.74, 6) is 3.54. The lowest BCUT2D eigenvalue weighted by atomic mass is 9.87. The highest BCUT2D eigenvalue weighted by atomic mass is 32.2. The monoisotopic (exact) mass is 478 g/mol. The van der Waals surface area contributed by atoms with Crippen LogP contribution in [0.5, 0.6) is 11.5 Å². The van der Waals surface area contributed by atoms with E-state index in [1.54, 1.807) is 0 Å². The van der Waals surface area contributed by atoms with Gasteiger partial charge >= 0.3 is 0 Å². The predicted molar refractivity (Wildman–Crippen MR) is 132 cm³/mol. The molecule has 3 aromatic rings. The number of nitrogens with zero attached hydrogens (tertiary/aromatic N) is 4. The van der Waals surface area contributed by atoms with Crippen LogP contribution in [0.3, 0.4) is 0 Å². The van der Waals surface area contributed by atoms with Gasteiger partial charge in [0.2, 0.25) is 12.7 Å². The van der Waals surface area contributed by atoms with Gasteiger partial charge in [-0.3, -0.25) is 9.36 Å². The molecule has 1 fully saturated rings. The number of hydrogen-bond donors (Lipinski definition) is 0. The van der Waals surface area contributed by atoms with E-state index in [0.717, 1.165) is 52.4 Å². The van der Waals surface area contributed by atoms with Gasteiger partial charge in [-0.25, -0.2) is 0 Å². The van der Waals surface area contributed by atoms with E-state index in [1.807, 2.05) is 60.5 Å². The van der Waals surface area contributed by atoms with Gasteiger partial charge in [-0.15, -0.1) is 10.2 Å². The van der Waals surface area contributed by atoms with E-state index < -0.39 is 0 Å². The number of amides is 1. The topological polar surface area (TPSA) is 69.5 Å². The molecule has 2 heterocycles. The first-order chi connectivity index (χ1) is 16.6. The Morgan fingerprint density at radius 1 is 1.06 bits per heavy atom. The molecule has 0 spiro atoms. The third-order valence-electron chi connectivity index (χ3n) is 6.78. The van der Waals surface area contributed by atoms with E-state index in [1.165, 1.54) is 24.6 Å². The largest absolute Gasteiger partial charge is 0.454 e. The van der Waals surface area contributed by atoms with E-state index in [4.69, 9.17) is 9.47 Å². The first-order valence-corrected chi connectivity index (χ1v) is 12.8. The lowest BCUT2D eigenvalue weighted by molar-refractivity contribution is -0.129. The predicted octanol–water partition coefficient (Wildman–Crippen LogP) is 4.85. The Hall–Kier alpha value is -3.00. The van der Waals surface area contributed by atoms with Gasteiger partial charge < -0.3 is 14.4 Å². The van der Waals surface area contributed by atoms with Crippen LogP contribution >= 0.6 is 11.8 Å². The van der Waals surface area contributed by atoms with Crippen LogP contribution in [-0.4, -0.2) is 51.2 Å². The van der Waals surface area contributed by atoms with Crippen LogP contribution in [0.15, 0.2) is 53.7 Å². The van der Waals surface area contributed by atoms with E-state index in [2.05, 4.69) is 21.7 Å². The smallest absolute Gasteiger partial charge is 0.233 e. The number of benzene rings is 2. The highest BCUT2D eigenvalue weighted by molar-refractivity contribution is 7.99. The van der Waals surface area contributed by atoms with Crippen LogP contribution in [-0.2, 0) is 11.3 Å². The molecule has 34 heavy (non-hydrogen) atoms. The van der Waals surface area contributed by atoms with Crippen molar-refractivity contribution < 1.29 is 14.3 Å². The number of fused-ring (bicyclic) bond motifs is 1. The molecule has 0 atom stereocenters. The van der Waals surface area contributed by atoms with Crippen LogP contribution in [0.1, 0.15) is 38.2 Å². The first kappa shape index (κ1) is 22.8. The van der Waals surface area contributed by atoms with Gasteiger partial charge in [-0.05, 0) is 49.3 Å². The molecule has 7 nitrogen and oxygen atoms in total. The van der Waals surface area contributed by atoms with Crippen molar-refractivity contribution >= 4 is 17.7 Å². The molecule has 0 radical (unpaired) electrons. The maximum Gasteiger partial charge on any atom is 0.233 e. The molecule has 1 aromatic heterocycles. The summed E-state index contributed by atoms with van der Waals surface area (Å²) < 4.78 is 13.1. The van der Waals surface area contributed by atoms with Gasteiger partial charge in [-0.1, -0.05) is 55.1 Å². The van der Waals surface area contributed by atoms with Gasteiger partial charge in [0.25, 0.3) is 0 Å². The molecule has 2 aromatic carbocycles. The fourth-order valence-corrected chi connectivity index (χ4v) is 5.48. The molecule has 1 aliphatic heterocycles. The number of ether oxygens (including phenoxy) is 2. The Labute approximate surface area is 204 Å². The molecule has 2 aliphatic rings. The minimum Gasteiger partial charge on any atom is -0.454 e. The molecule has 0 saturated heterocycles. The lowest BCUT2D eigenvalue weighted by Crippen LogP contribution is -2.40. The number of carbonyl (C=O) groups is 1. The Bertz CT molecular complexity index is 1140. The van der Waals surface area contributed by atoms with Crippen molar-refractivity contribution in [1.29, 1.82) is 0 Å². The molecule has 0 bridgehead atoms. The Morgan fingerprint density at radius 2 is 1.82 bits per heavy atom. The average Bonchev–Trinajstić information content (AvgIpc) is 3.50. The molecule has 0 unspecified atom stereocenters. The minimum atomic E-state index is 0.142. The number of aromatic nitrogens is 3. The summed E-state index contributed by atoms with van der Waals surface area (Å²) in [4.78, 5) is 14.9. The van der Waals surface area contributed by atoms with E-state index in [-0.39, 0.29) is 12.7 Å². The molecule has 1 saturated carbocycles. The zero-order valence-electron chi connectivity index (χ0n) is 19.6. The zero-order valence-corrected chi connectivity index (χ0v) is 20.5. The highest BCUT2D eigenvalue weighted by Crippen LogP contribution is 2.34. The van der Waals surface area contributed by atoms with Crippen LogP contribution in [0.4, 0.5) is 0 Å². The van der Waals surface area contributed by atoms with E-state index in [0.29, 0.717) is 18.3 Å². The standard InChI is InChI=1S/C26H30N4O3S/c1-18-8-11-21(12-9-18)29(2)24(31)16-34-26-28-27-25(20-6-4-3-5-7-20)30(26)15-19-10-13-22-23(14-19)33-17-32-22/h3-7,10,13-14,18,21H,8-9,11-12,15-17H2,1-2H3. The molecule has 178 valence electrons. The number of rotatable bonds is 7. The minimum absolute atomic E-state index is 0.142. The number of hydrogen-bond acceptors (Lipinski definition) is 6. The van der Waals surface area contributed by atoms with Crippen molar-refractivity contribution in [3.05, 3.63) is 54.1 Å². The summed E-state index contributed by atoms with van der Waals surface area (Å²) in [7, 11) is 1.94. The van der Waals surface area contributed by atoms with Crippen LogP contribution in [0, 0.1) is 5.92 Å². The van der Waals surface area contributed by atoms with E-state index in [9.17, 15) is 4.79 Å². The first-order valence-electron chi connectivity index (χ1n) is 11.8. The maximum absolute atomic E-state index is 13.0. The van der Waals surface area contributed by atoms with E-state index >= 15 is 0 Å². The van der Waals surface area contributed by atoms with Crippen molar-refractivity contribution in [1.82, 2.24) is 19.7 Å². The van der Waals surface area contributed by atoms with Crippen molar-refractivity contribution in [2.75, 3.05) is 19.6 Å². The molecule has 8 heteroatoms. The van der Waals surface area contributed by atoms with Gasteiger partial charge in [0, 0.05) is 18.7 Å².